The number of hydrogen-bond donors (Lipinski definition) is 1. The van der Waals surface area contributed by atoms with Crippen molar-refractivity contribution in [2.75, 3.05) is 22.9 Å². The van der Waals surface area contributed by atoms with Gasteiger partial charge in [-0.1, -0.05) is 25.0 Å². The van der Waals surface area contributed by atoms with E-state index in [0.717, 1.165) is 29.9 Å². The summed E-state index contributed by atoms with van der Waals surface area (Å²) < 4.78 is 39.4. The average molecular weight is 518 g/mol. The molecule has 0 bridgehead atoms. The maximum Gasteiger partial charge on any atom is 0.416 e. The highest BCUT2D eigenvalue weighted by atomic mass is 19.4. The van der Waals surface area contributed by atoms with Crippen LogP contribution in [0.15, 0.2) is 42.5 Å². The lowest BCUT2D eigenvalue weighted by atomic mass is 9.81. The summed E-state index contributed by atoms with van der Waals surface area (Å²) in [6.45, 7) is 0.331. The van der Waals surface area contributed by atoms with Gasteiger partial charge in [0.25, 0.3) is 5.69 Å². The number of hydrogen-bond acceptors (Lipinski definition) is 6. The summed E-state index contributed by atoms with van der Waals surface area (Å²) in [4.78, 5) is 40.0. The summed E-state index contributed by atoms with van der Waals surface area (Å²) in [5.41, 5.74) is -2.06. The molecule has 2 heterocycles. The van der Waals surface area contributed by atoms with Crippen molar-refractivity contribution in [2.24, 2.45) is 11.8 Å². The van der Waals surface area contributed by atoms with Crippen molar-refractivity contribution in [2.45, 2.75) is 50.3 Å². The first kappa shape index (κ1) is 25.2. The normalized spacial score (nSPS) is 23.8. The highest BCUT2D eigenvalue weighted by Gasteiger charge is 2.49. The fourth-order valence-corrected chi connectivity index (χ4v) is 5.87. The van der Waals surface area contributed by atoms with E-state index in [9.17, 15) is 38.0 Å². The fraction of sp³-hybridized carbons (Fsp3) is 0.462. The Bertz CT molecular complexity index is 1230. The van der Waals surface area contributed by atoms with Crippen molar-refractivity contribution in [1.82, 2.24) is 0 Å². The zero-order valence-corrected chi connectivity index (χ0v) is 19.9. The SMILES string of the molecule is O=C1C2CCCCC2C(=O)N1c1ccc(N2CCC(O)(c3cccc(C(F)(F)F)c3)CC2)c([N+](=O)[O-])c1. The first-order valence-corrected chi connectivity index (χ1v) is 12.3. The Balaban J connectivity index is 1.37. The van der Waals surface area contributed by atoms with Crippen LogP contribution in [-0.4, -0.2) is 34.9 Å². The Morgan fingerprint density at radius 3 is 2.16 bits per heavy atom. The number of nitro groups is 1. The Hall–Kier alpha value is -3.47. The van der Waals surface area contributed by atoms with Crippen LogP contribution in [-0.2, 0) is 21.4 Å². The second kappa shape index (κ2) is 9.13. The van der Waals surface area contributed by atoms with Gasteiger partial charge in [-0.25, -0.2) is 4.90 Å². The average Bonchev–Trinajstić information content (AvgIpc) is 3.14. The van der Waals surface area contributed by atoms with Crippen LogP contribution in [0.5, 0.6) is 0 Å². The molecule has 3 fully saturated rings. The molecule has 2 saturated heterocycles. The van der Waals surface area contributed by atoms with E-state index in [2.05, 4.69) is 0 Å². The Labute approximate surface area is 210 Å². The zero-order valence-electron chi connectivity index (χ0n) is 19.9. The Kier molecular flexibility index (Phi) is 6.21. The molecule has 2 atom stereocenters. The lowest BCUT2D eigenvalue weighted by Crippen LogP contribution is -2.43. The minimum Gasteiger partial charge on any atom is -0.385 e. The van der Waals surface area contributed by atoms with E-state index in [1.165, 1.54) is 30.3 Å². The molecular weight excluding hydrogens is 491 g/mol. The van der Waals surface area contributed by atoms with E-state index >= 15 is 0 Å². The molecule has 2 aromatic rings. The van der Waals surface area contributed by atoms with E-state index in [4.69, 9.17) is 0 Å². The second-order valence-electron chi connectivity index (χ2n) is 10.0. The van der Waals surface area contributed by atoms with Gasteiger partial charge in [0.1, 0.15) is 5.69 Å². The number of rotatable bonds is 4. The number of nitro benzene ring substituents is 1. The number of aliphatic hydroxyl groups is 1. The molecule has 8 nitrogen and oxygen atoms in total. The van der Waals surface area contributed by atoms with Gasteiger partial charge in [0.05, 0.1) is 33.6 Å². The van der Waals surface area contributed by atoms with Crippen LogP contribution in [0.2, 0.25) is 0 Å². The van der Waals surface area contributed by atoms with Crippen LogP contribution in [0, 0.1) is 22.0 Å². The number of halogens is 3. The highest BCUT2D eigenvalue weighted by molar-refractivity contribution is 6.22. The van der Waals surface area contributed by atoms with Crippen molar-refractivity contribution < 1.29 is 32.8 Å². The molecular formula is C26H26F3N3O5. The highest BCUT2D eigenvalue weighted by Crippen LogP contribution is 2.43. The first-order chi connectivity index (χ1) is 17.5. The van der Waals surface area contributed by atoms with Crippen LogP contribution in [0.25, 0.3) is 0 Å². The summed E-state index contributed by atoms with van der Waals surface area (Å²) in [5, 5.41) is 23.1. The fourth-order valence-electron chi connectivity index (χ4n) is 5.87. The number of amides is 2. The molecule has 2 aromatic carbocycles. The zero-order chi connectivity index (χ0) is 26.5. The molecule has 0 spiro atoms. The number of nitrogens with zero attached hydrogens (tertiary/aromatic N) is 3. The maximum absolute atomic E-state index is 13.1. The molecule has 2 amide bonds. The third kappa shape index (κ3) is 4.45. The first-order valence-electron chi connectivity index (χ1n) is 12.3. The molecule has 1 saturated carbocycles. The van der Waals surface area contributed by atoms with Gasteiger partial charge in [-0.05, 0) is 55.5 Å². The minimum atomic E-state index is -4.54. The lowest BCUT2D eigenvalue weighted by molar-refractivity contribution is -0.384. The number of fused-ring (bicyclic) bond motifs is 1. The van der Waals surface area contributed by atoms with Gasteiger partial charge >= 0.3 is 6.18 Å². The lowest BCUT2D eigenvalue weighted by Gasteiger charge is -2.39. The third-order valence-electron chi connectivity index (χ3n) is 7.91. The Morgan fingerprint density at radius 1 is 0.973 bits per heavy atom. The molecule has 37 heavy (non-hydrogen) atoms. The van der Waals surface area contributed by atoms with Gasteiger partial charge in [-0.3, -0.25) is 19.7 Å². The molecule has 2 aliphatic heterocycles. The number of carbonyl (C=O) groups is 2. The maximum atomic E-state index is 13.1. The van der Waals surface area contributed by atoms with E-state index in [0.29, 0.717) is 12.8 Å². The van der Waals surface area contributed by atoms with E-state index in [-0.39, 0.29) is 72.2 Å². The van der Waals surface area contributed by atoms with Crippen molar-refractivity contribution in [3.05, 3.63) is 63.7 Å². The van der Waals surface area contributed by atoms with Crippen LogP contribution in [0.1, 0.15) is 49.7 Å². The van der Waals surface area contributed by atoms with Gasteiger partial charge in [0.2, 0.25) is 11.8 Å². The topological polar surface area (TPSA) is 104 Å². The standard InChI is InChI=1S/C26H26F3N3O5/c27-26(28,29)17-5-3-4-16(14-17)25(35)10-12-30(13-11-25)21-9-8-18(15-22(21)32(36)37)31-23(33)19-6-1-2-7-20(19)24(31)34/h3-5,8-9,14-15,19-20,35H,1-2,6-7,10-13H2. The number of imide groups is 1. The summed E-state index contributed by atoms with van der Waals surface area (Å²) >= 11 is 0. The molecule has 1 N–H and O–H groups in total. The number of alkyl halides is 3. The minimum absolute atomic E-state index is 0.0691. The number of piperidine rings is 1. The van der Waals surface area contributed by atoms with E-state index < -0.39 is 22.3 Å². The van der Waals surface area contributed by atoms with Gasteiger partial charge in [0.15, 0.2) is 0 Å². The summed E-state index contributed by atoms with van der Waals surface area (Å²) in [6, 6.07) is 8.82. The molecule has 11 heteroatoms. The van der Waals surface area contributed by atoms with Crippen LogP contribution < -0.4 is 9.80 Å². The number of anilines is 2. The van der Waals surface area contributed by atoms with Gasteiger partial charge < -0.3 is 10.0 Å². The van der Waals surface area contributed by atoms with Gasteiger partial charge in [-0.15, -0.1) is 0 Å². The Morgan fingerprint density at radius 2 is 1.59 bits per heavy atom. The van der Waals surface area contributed by atoms with Crippen molar-refractivity contribution >= 4 is 28.9 Å². The monoisotopic (exact) mass is 517 g/mol. The second-order valence-corrected chi connectivity index (χ2v) is 10.0. The smallest absolute Gasteiger partial charge is 0.385 e. The predicted molar refractivity (Wildman–Crippen MR) is 128 cm³/mol. The van der Waals surface area contributed by atoms with E-state index in [1.54, 1.807) is 4.90 Å². The van der Waals surface area contributed by atoms with Gasteiger partial charge in [-0.2, -0.15) is 13.2 Å². The van der Waals surface area contributed by atoms with E-state index in [1.807, 2.05) is 0 Å². The van der Waals surface area contributed by atoms with Crippen molar-refractivity contribution in [1.29, 1.82) is 0 Å². The van der Waals surface area contributed by atoms with Crippen LogP contribution in [0.3, 0.4) is 0 Å². The summed E-state index contributed by atoms with van der Waals surface area (Å²) in [7, 11) is 0. The summed E-state index contributed by atoms with van der Waals surface area (Å²) in [5.74, 6) is -1.40. The number of benzene rings is 2. The molecule has 1 aliphatic carbocycles. The molecule has 0 aromatic heterocycles. The van der Waals surface area contributed by atoms with Crippen LogP contribution in [0.4, 0.5) is 30.2 Å². The molecule has 196 valence electrons. The third-order valence-corrected chi connectivity index (χ3v) is 7.91. The molecule has 3 aliphatic rings. The summed E-state index contributed by atoms with van der Waals surface area (Å²) in [6.07, 6.45) is -1.39. The largest absolute Gasteiger partial charge is 0.416 e. The van der Waals surface area contributed by atoms with Crippen molar-refractivity contribution in [3.63, 3.8) is 0 Å². The molecule has 5 rings (SSSR count). The van der Waals surface area contributed by atoms with Crippen LogP contribution >= 0.6 is 0 Å². The molecule has 2 unspecified atom stereocenters. The number of carbonyl (C=O) groups excluding carboxylic acids is 2. The predicted octanol–water partition coefficient (Wildman–Crippen LogP) is 4.78. The van der Waals surface area contributed by atoms with Crippen molar-refractivity contribution in [3.8, 4) is 0 Å². The van der Waals surface area contributed by atoms with Gasteiger partial charge in [0, 0.05) is 19.2 Å². The molecule has 0 radical (unpaired) electrons. The quantitative estimate of drug-likeness (QED) is 0.356.